The number of anilines is 1. The summed E-state index contributed by atoms with van der Waals surface area (Å²) < 4.78 is 27.9. The Labute approximate surface area is 129 Å². The van der Waals surface area contributed by atoms with E-state index in [1.165, 1.54) is 0 Å². The molecule has 0 radical (unpaired) electrons. The molecule has 5 nitrogen and oxygen atoms in total. The number of rotatable bonds is 4. The Morgan fingerprint density at radius 2 is 2.05 bits per heavy atom. The van der Waals surface area contributed by atoms with Gasteiger partial charge >= 0.3 is 0 Å². The molecule has 2 aromatic rings. The van der Waals surface area contributed by atoms with E-state index in [1.807, 2.05) is 6.92 Å². The van der Waals surface area contributed by atoms with Crippen molar-refractivity contribution >= 4 is 43.1 Å². The van der Waals surface area contributed by atoms with Crippen molar-refractivity contribution in [1.82, 2.24) is 4.98 Å². The molecule has 0 aliphatic rings. The van der Waals surface area contributed by atoms with Crippen molar-refractivity contribution in [3.63, 3.8) is 0 Å². The van der Waals surface area contributed by atoms with Crippen molar-refractivity contribution in [2.45, 2.75) is 24.7 Å². The molecule has 2 rings (SSSR count). The second-order valence-electron chi connectivity index (χ2n) is 4.25. The minimum atomic E-state index is -3.68. The molecular formula is C12H13BrN2O3S2. The Morgan fingerprint density at radius 1 is 1.35 bits per heavy atom. The van der Waals surface area contributed by atoms with Crippen LogP contribution in [0.3, 0.4) is 0 Å². The Hall–Kier alpha value is -0.960. The number of aromatic nitrogens is 1. The van der Waals surface area contributed by atoms with Gasteiger partial charge in [0.15, 0.2) is 0 Å². The van der Waals surface area contributed by atoms with E-state index in [0.717, 1.165) is 26.9 Å². The van der Waals surface area contributed by atoms with Gasteiger partial charge in [0.2, 0.25) is 0 Å². The second-order valence-corrected chi connectivity index (χ2v) is 8.15. The van der Waals surface area contributed by atoms with Crippen LogP contribution in [-0.4, -0.2) is 18.5 Å². The topological polar surface area (TPSA) is 79.3 Å². The van der Waals surface area contributed by atoms with Gasteiger partial charge in [-0.25, -0.2) is 13.4 Å². The van der Waals surface area contributed by atoms with Crippen molar-refractivity contribution in [2.24, 2.45) is 0 Å². The Balaban J connectivity index is 2.32. The fraction of sp³-hybridized carbons (Fsp3) is 0.250. The van der Waals surface area contributed by atoms with E-state index in [2.05, 4.69) is 25.6 Å². The van der Waals surface area contributed by atoms with Crippen molar-refractivity contribution in [1.29, 1.82) is 0 Å². The van der Waals surface area contributed by atoms with E-state index in [1.54, 1.807) is 25.3 Å². The summed E-state index contributed by atoms with van der Waals surface area (Å²) in [5.41, 5.74) is 1.65. The molecule has 0 aliphatic carbocycles. The predicted molar refractivity (Wildman–Crippen MR) is 82.5 cm³/mol. The van der Waals surface area contributed by atoms with Crippen molar-refractivity contribution in [3.05, 3.63) is 38.8 Å². The fourth-order valence-corrected chi connectivity index (χ4v) is 4.23. The number of nitrogens with one attached hydrogen (secondary N) is 1. The lowest BCUT2D eigenvalue weighted by Gasteiger charge is -2.06. The first-order chi connectivity index (χ1) is 9.33. The monoisotopic (exact) mass is 376 g/mol. The highest BCUT2D eigenvalue weighted by Gasteiger charge is 2.19. The molecule has 0 amide bonds. The standard InChI is InChI=1S/C12H13BrN2O3S2/c1-7-3-11(14-5-9(7)13)15-20(17,18)12-4-8(2)10(6-16)19-12/h3-5,16H,6H2,1-2H3,(H,14,15). The van der Waals surface area contributed by atoms with Gasteiger partial charge in [0, 0.05) is 15.5 Å². The number of aliphatic hydroxyl groups excluding tert-OH is 1. The summed E-state index contributed by atoms with van der Waals surface area (Å²) in [6, 6.07) is 3.19. The molecule has 0 fully saturated rings. The molecule has 2 heterocycles. The summed E-state index contributed by atoms with van der Waals surface area (Å²) in [5.74, 6) is 0.266. The quantitative estimate of drug-likeness (QED) is 0.859. The lowest BCUT2D eigenvalue weighted by Crippen LogP contribution is -2.12. The summed E-state index contributed by atoms with van der Waals surface area (Å²) in [6.45, 7) is 3.45. The van der Waals surface area contributed by atoms with Gasteiger partial charge in [0.05, 0.1) is 6.61 Å². The molecule has 2 aromatic heterocycles. The highest BCUT2D eigenvalue weighted by atomic mass is 79.9. The lowest BCUT2D eigenvalue weighted by atomic mass is 10.3. The zero-order valence-corrected chi connectivity index (χ0v) is 14.1. The average molecular weight is 377 g/mol. The summed E-state index contributed by atoms with van der Waals surface area (Å²) in [7, 11) is -3.68. The summed E-state index contributed by atoms with van der Waals surface area (Å²) in [4.78, 5) is 4.66. The number of pyridine rings is 1. The van der Waals surface area contributed by atoms with E-state index in [-0.39, 0.29) is 16.6 Å². The number of halogens is 1. The SMILES string of the molecule is Cc1cc(NS(=O)(=O)c2cc(C)c(CO)s2)ncc1Br. The highest BCUT2D eigenvalue weighted by molar-refractivity contribution is 9.10. The van der Waals surface area contributed by atoms with Crippen LogP contribution < -0.4 is 4.72 Å². The second kappa shape index (κ2) is 5.80. The normalized spacial score (nSPS) is 11.6. The minimum absolute atomic E-state index is 0.165. The van der Waals surface area contributed by atoms with Crippen LogP contribution in [0.2, 0.25) is 0 Å². The van der Waals surface area contributed by atoms with Gasteiger partial charge in [-0.3, -0.25) is 4.72 Å². The third-order valence-electron chi connectivity index (χ3n) is 2.69. The Bertz CT molecular complexity index is 741. The van der Waals surface area contributed by atoms with Crippen LogP contribution in [0.25, 0.3) is 0 Å². The van der Waals surface area contributed by atoms with Crippen LogP contribution in [0.1, 0.15) is 16.0 Å². The van der Waals surface area contributed by atoms with Crippen LogP contribution in [0.5, 0.6) is 0 Å². The molecule has 8 heteroatoms. The molecule has 0 aromatic carbocycles. The number of sulfonamides is 1. The van der Waals surface area contributed by atoms with Gasteiger partial charge in [0.1, 0.15) is 10.0 Å². The van der Waals surface area contributed by atoms with E-state index >= 15 is 0 Å². The number of aryl methyl sites for hydroxylation is 2. The minimum Gasteiger partial charge on any atom is -0.391 e. The third-order valence-corrected chi connectivity index (χ3v) is 6.57. The summed E-state index contributed by atoms with van der Waals surface area (Å²) in [6.07, 6.45) is 1.55. The number of nitrogens with zero attached hydrogens (tertiary/aromatic N) is 1. The molecule has 0 atom stereocenters. The van der Waals surface area contributed by atoms with Crippen LogP contribution in [-0.2, 0) is 16.6 Å². The van der Waals surface area contributed by atoms with Crippen molar-refractivity contribution in [2.75, 3.05) is 4.72 Å². The zero-order valence-electron chi connectivity index (χ0n) is 10.8. The van der Waals surface area contributed by atoms with Crippen molar-refractivity contribution in [3.8, 4) is 0 Å². The molecule has 20 heavy (non-hydrogen) atoms. The number of hydrogen-bond acceptors (Lipinski definition) is 5. The molecule has 0 saturated carbocycles. The molecule has 0 aliphatic heterocycles. The average Bonchev–Trinajstić information content (AvgIpc) is 2.76. The number of hydrogen-bond donors (Lipinski definition) is 2. The molecule has 108 valence electrons. The summed E-state index contributed by atoms with van der Waals surface area (Å²) in [5, 5.41) is 9.13. The van der Waals surface area contributed by atoms with E-state index < -0.39 is 10.0 Å². The smallest absolute Gasteiger partial charge is 0.272 e. The van der Waals surface area contributed by atoms with Crippen LogP contribution in [0, 0.1) is 13.8 Å². The first-order valence-electron chi connectivity index (χ1n) is 5.68. The van der Waals surface area contributed by atoms with Crippen LogP contribution in [0.15, 0.2) is 27.0 Å². The van der Waals surface area contributed by atoms with Gasteiger partial charge in [0.25, 0.3) is 10.0 Å². The van der Waals surface area contributed by atoms with Gasteiger partial charge in [-0.15, -0.1) is 11.3 Å². The van der Waals surface area contributed by atoms with Gasteiger partial charge in [-0.2, -0.15) is 0 Å². The molecule has 0 bridgehead atoms. The first kappa shape index (κ1) is 15.4. The third kappa shape index (κ3) is 3.20. The first-order valence-corrected chi connectivity index (χ1v) is 8.78. The zero-order chi connectivity index (χ0) is 14.9. The summed E-state index contributed by atoms with van der Waals surface area (Å²) >= 11 is 4.37. The van der Waals surface area contributed by atoms with Gasteiger partial charge < -0.3 is 5.11 Å². The van der Waals surface area contributed by atoms with E-state index in [9.17, 15) is 8.42 Å². The van der Waals surface area contributed by atoms with E-state index in [4.69, 9.17) is 5.11 Å². The molecule has 2 N–H and O–H groups in total. The molecule has 0 spiro atoms. The predicted octanol–water partition coefficient (Wildman–Crippen LogP) is 2.82. The van der Waals surface area contributed by atoms with E-state index in [0.29, 0.717) is 4.88 Å². The maximum Gasteiger partial charge on any atom is 0.272 e. The number of thiophene rings is 1. The lowest BCUT2D eigenvalue weighted by molar-refractivity contribution is 0.285. The van der Waals surface area contributed by atoms with Crippen LogP contribution in [0.4, 0.5) is 5.82 Å². The maximum absolute atomic E-state index is 12.2. The fourth-order valence-electron chi connectivity index (χ4n) is 1.56. The maximum atomic E-state index is 12.2. The number of aliphatic hydroxyl groups is 1. The van der Waals surface area contributed by atoms with Crippen LogP contribution >= 0.6 is 27.3 Å². The molecular weight excluding hydrogens is 364 g/mol. The molecule has 0 saturated heterocycles. The Morgan fingerprint density at radius 3 is 2.60 bits per heavy atom. The van der Waals surface area contributed by atoms with Crippen molar-refractivity contribution < 1.29 is 13.5 Å². The van der Waals surface area contributed by atoms with Gasteiger partial charge in [-0.1, -0.05) is 0 Å². The highest BCUT2D eigenvalue weighted by Crippen LogP contribution is 2.27. The Kier molecular flexibility index (Phi) is 4.48. The largest absolute Gasteiger partial charge is 0.391 e. The van der Waals surface area contributed by atoms with Gasteiger partial charge in [-0.05, 0) is 53.0 Å². The molecule has 0 unspecified atom stereocenters.